The first-order valence-corrected chi connectivity index (χ1v) is 8.83. The Kier molecular flexibility index (Phi) is 4.53. The van der Waals surface area contributed by atoms with Gasteiger partial charge in [0, 0.05) is 11.3 Å². The summed E-state index contributed by atoms with van der Waals surface area (Å²) in [5.74, 6) is 0. The second-order valence-electron chi connectivity index (χ2n) is 4.58. The zero-order valence-electron chi connectivity index (χ0n) is 11.4. The van der Waals surface area contributed by atoms with Crippen molar-refractivity contribution in [1.29, 1.82) is 0 Å². The van der Waals surface area contributed by atoms with Gasteiger partial charge >= 0.3 is 0 Å². The van der Waals surface area contributed by atoms with Crippen LogP contribution in [-0.2, 0) is 6.54 Å². The number of rotatable bonds is 5. The Bertz CT molecular complexity index is 671. The average molecular weight is 315 g/mol. The lowest BCUT2D eigenvalue weighted by Crippen LogP contribution is -2.35. The van der Waals surface area contributed by atoms with Crippen molar-refractivity contribution < 1.29 is 0 Å². The van der Waals surface area contributed by atoms with Crippen LogP contribution in [0, 0.1) is 4.77 Å². The molecular formula is C13H18N2OS3. The van der Waals surface area contributed by atoms with Gasteiger partial charge in [0.2, 0.25) is 0 Å². The van der Waals surface area contributed by atoms with Gasteiger partial charge < -0.3 is 4.98 Å². The summed E-state index contributed by atoms with van der Waals surface area (Å²) in [5, 5.41) is 2.66. The van der Waals surface area contributed by atoms with Crippen molar-refractivity contribution in [3.63, 3.8) is 0 Å². The van der Waals surface area contributed by atoms with Crippen molar-refractivity contribution in [2.24, 2.45) is 0 Å². The van der Waals surface area contributed by atoms with Crippen molar-refractivity contribution in [2.45, 2.75) is 38.0 Å². The first-order chi connectivity index (χ1) is 9.06. The summed E-state index contributed by atoms with van der Waals surface area (Å²) in [6.45, 7) is 5.00. The molecule has 0 aromatic carbocycles. The topological polar surface area (TPSA) is 37.8 Å². The van der Waals surface area contributed by atoms with Crippen LogP contribution in [0.5, 0.6) is 0 Å². The van der Waals surface area contributed by atoms with Crippen LogP contribution in [0.1, 0.15) is 26.7 Å². The summed E-state index contributed by atoms with van der Waals surface area (Å²) in [6.07, 6.45) is 4.15. The molecule has 2 aromatic rings. The molecule has 2 aromatic heterocycles. The van der Waals surface area contributed by atoms with Gasteiger partial charge in [0.1, 0.15) is 4.83 Å². The number of H-pyrrole nitrogens is 1. The first kappa shape index (κ1) is 14.8. The molecule has 0 saturated heterocycles. The molecule has 0 saturated carbocycles. The minimum atomic E-state index is 0.0281. The number of hydrogen-bond acceptors (Lipinski definition) is 4. The number of fused-ring (bicyclic) bond motifs is 1. The predicted molar refractivity (Wildman–Crippen MR) is 88.1 cm³/mol. The van der Waals surface area contributed by atoms with Gasteiger partial charge in [0.15, 0.2) is 4.77 Å². The van der Waals surface area contributed by atoms with Crippen LogP contribution in [-0.4, -0.2) is 20.6 Å². The Morgan fingerprint density at radius 1 is 1.47 bits per heavy atom. The van der Waals surface area contributed by atoms with E-state index in [1.807, 2.05) is 23.2 Å². The van der Waals surface area contributed by atoms with Crippen LogP contribution < -0.4 is 5.56 Å². The Morgan fingerprint density at radius 2 is 2.16 bits per heavy atom. The van der Waals surface area contributed by atoms with E-state index < -0.39 is 0 Å². The molecule has 0 aliphatic rings. The van der Waals surface area contributed by atoms with Gasteiger partial charge in [0.05, 0.1) is 5.39 Å². The number of nitrogens with one attached hydrogen (secondary N) is 1. The number of nitrogens with zero attached hydrogens (tertiary/aromatic N) is 1. The molecule has 0 atom stereocenters. The Balaban J connectivity index is 2.57. The van der Waals surface area contributed by atoms with Gasteiger partial charge in [-0.15, -0.1) is 11.3 Å². The molecule has 2 heterocycles. The SMILES string of the molecule is CCC(CC)(Cn1c(=S)[nH]c2sccc2c1=O)SC. The Hall–Kier alpha value is -0.590. The second-order valence-corrected chi connectivity index (χ2v) is 7.16. The zero-order valence-corrected chi connectivity index (χ0v) is 13.8. The number of hydrogen-bond donors (Lipinski definition) is 1. The summed E-state index contributed by atoms with van der Waals surface area (Å²) in [5.41, 5.74) is 0.0281. The van der Waals surface area contributed by atoms with Gasteiger partial charge in [-0.3, -0.25) is 9.36 Å². The van der Waals surface area contributed by atoms with Crippen LogP contribution in [0.3, 0.4) is 0 Å². The third-order valence-corrected chi connectivity index (χ3v) is 6.50. The highest BCUT2D eigenvalue weighted by Gasteiger charge is 2.26. The lowest BCUT2D eigenvalue weighted by atomic mass is 10.0. The minimum absolute atomic E-state index is 0.0281. The summed E-state index contributed by atoms with van der Waals surface area (Å²) in [4.78, 5) is 16.5. The van der Waals surface area contributed by atoms with Crippen molar-refractivity contribution in [1.82, 2.24) is 9.55 Å². The summed E-state index contributed by atoms with van der Waals surface area (Å²) < 4.78 is 2.32. The van der Waals surface area contributed by atoms with Gasteiger partial charge in [-0.05, 0) is 42.8 Å². The maximum Gasteiger partial charge on any atom is 0.263 e. The van der Waals surface area contributed by atoms with Gasteiger partial charge in [-0.1, -0.05) is 13.8 Å². The van der Waals surface area contributed by atoms with Gasteiger partial charge in [-0.25, -0.2) is 0 Å². The van der Waals surface area contributed by atoms with E-state index in [4.69, 9.17) is 12.2 Å². The molecule has 2 rings (SSSR count). The molecule has 1 N–H and O–H groups in total. The van der Waals surface area contributed by atoms with E-state index in [9.17, 15) is 4.79 Å². The zero-order chi connectivity index (χ0) is 14.0. The van der Waals surface area contributed by atoms with Crippen LogP contribution in [0.15, 0.2) is 16.2 Å². The molecule has 19 heavy (non-hydrogen) atoms. The van der Waals surface area contributed by atoms with Crippen molar-refractivity contribution in [3.8, 4) is 0 Å². The molecule has 0 radical (unpaired) electrons. The van der Waals surface area contributed by atoms with E-state index in [1.54, 1.807) is 4.57 Å². The van der Waals surface area contributed by atoms with Crippen LogP contribution in [0.2, 0.25) is 0 Å². The largest absolute Gasteiger partial charge is 0.323 e. The van der Waals surface area contributed by atoms with E-state index in [0.717, 1.165) is 23.1 Å². The highest BCUT2D eigenvalue weighted by atomic mass is 32.2. The fourth-order valence-electron chi connectivity index (χ4n) is 2.24. The maximum absolute atomic E-state index is 12.5. The number of thioether (sulfide) groups is 1. The standard InChI is InChI=1S/C13H18N2OS3/c1-4-13(5-2,18-3)8-15-11(16)9-6-7-19-10(9)14-12(15)17/h6-7H,4-5,8H2,1-3H3,(H,14,17). The number of aromatic amines is 1. The molecule has 104 valence electrons. The van der Waals surface area contributed by atoms with Crippen molar-refractivity contribution in [3.05, 3.63) is 26.6 Å². The molecule has 0 amide bonds. The second kappa shape index (κ2) is 5.81. The molecule has 0 aliphatic heterocycles. The summed E-state index contributed by atoms with van der Waals surface area (Å²) in [6, 6.07) is 1.86. The van der Waals surface area contributed by atoms with Crippen molar-refractivity contribution >= 4 is 45.5 Å². The minimum Gasteiger partial charge on any atom is -0.323 e. The van der Waals surface area contributed by atoms with E-state index in [1.165, 1.54) is 11.3 Å². The third kappa shape index (κ3) is 2.66. The fraction of sp³-hybridized carbons (Fsp3) is 0.538. The smallest absolute Gasteiger partial charge is 0.263 e. The summed E-state index contributed by atoms with van der Waals surface area (Å²) in [7, 11) is 0. The van der Waals surface area contributed by atoms with Crippen LogP contribution in [0.4, 0.5) is 0 Å². The molecule has 0 spiro atoms. The molecule has 6 heteroatoms. The molecular weight excluding hydrogens is 296 g/mol. The molecule has 0 bridgehead atoms. The van der Waals surface area contributed by atoms with Crippen LogP contribution >= 0.6 is 35.3 Å². The van der Waals surface area contributed by atoms with Crippen molar-refractivity contribution in [2.75, 3.05) is 6.26 Å². The van der Waals surface area contributed by atoms with E-state index in [-0.39, 0.29) is 10.3 Å². The fourth-order valence-corrected chi connectivity index (χ4v) is 4.16. The Labute approximate surface area is 126 Å². The normalized spacial score (nSPS) is 12.2. The predicted octanol–water partition coefficient (Wildman–Crippen LogP) is 4.04. The van der Waals surface area contributed by atoms with Gasteiger partial charge in [0.25, 0.3) is 5.56 Å². The molecule has 0 fully saturated rings. The summed E-state index contributed by atoms with van der Waals surface area (Å²) >= 11 is 8.69. The number of aromatic nitrogens is 2. The van der Waals surface area contributed by atoms with E-state index in [2.05, 4.69) is 25.1 Å². The molecule has 3 nitrogen and oxygen atoms in total. The lowest BCUT2D eigenvalue weighted by Gasteiger charge is -2.30. The van der Waals surface area contributed by atoms with E-state index >= 15 is 0 Å². The third-order valence-electron chi connectivity index (χ3n) is 3.77. The first-order valence-electron chi connectivity index (χ1n) is 6.32. The monoisotopic (exact) mass is 314 g/mol. The van der Waals surface area contributed by atoms with Crippen LogP contribution in [0.25, 0.3) is 10.2 Å². The maximum atomic E-state index is 12.5. The molecule has 0 aliphatic carbocycles. The lowest BCUT2D eigenvalue weighted by molar-refractivity contribution is 0.454. The van der Waals surface area contributed by atoms with Gasteiger partial charge in [-0.2, -0.15) is 11.8 Å². The highest BCUT2D eigenvalue weighted by molar-refractivity contribution is 8.00. The highest BCUT2D eigenvalue weighted by Crippen LogP contribution is 2.32. The Morgan fingerprint density at radius 3 is 2.74 bits per heavy atom. The molecule has 0 unspecified atom stereocenters. The quantitative estimate of drug-likeness (QED) is 0.846. The number of thiophene rings is 1. The van der Waals surface area contributed by atoms with E-state index in [0.29, 0.717) is 11.3 Å². The average Bonchev–Trinajstić information content (AvgIpc) is 2.88.